The topological polar surface area (TPSA) is 80.3 Å². The van der Waals surface area contributed by atoms with Crippen molar-refractivity contribution >= 4 is 11.8 Å². The second-order valence-corrected chi connectivity index (χ2v) is 5.73. The first kappa shape index (κ1) is 17.4. The molecule has 6 heteroatoms. The molecule has 1 aromatic heterocycles. The number of amides is 2. The molecule has 0 bridgehead atoms. The number of nitrogens with one attached hydrogen (secondary N) is 2. The number of hydrogen-bond acceptors (Lipinski definition) is 4. The molecule has 1 fully saturated rings. The van der Waals surface area contributed by atoms with Crippen molar-refractivity contribution in [2.45, 2.75) is 51.2 Å². The van der Waals surface area contributed by atoms with Crippen LogP contribution < -0.4 is 10.6 Å². The van der Waals surface area contributed by atoms with Gasteiger partial charge in [0.1, 0.15) is 6.10 Å². The minimum atomic E-state index is -0.396. The first-order valence-corrected chi connectivity index (χ1v) is 8.32. The number of carbonyl (C=O) groups excluding carboxylic acids is 2. The fourth-order valence-electron chi connectivity index (χ4n) is 2.67. The standard InChI is InChI=1S/C17H25N3O3/c1-2-15(23-14-7-3-4-8-14)17(22)20-11-10-19-16(21)13-6-5-9-18-12-13/h5-6,9,12,14-15H,2-4,7-8,10-11H2,1H3,(H,19,21)(H,20,22). The molecule has 0 saturated heterocycles. The lowest BCUT2D eigenvalue weighted by molar-refractivity contribution is -0.136. The van der Waals surface area contributed by atoms with Crippen LogP contribution in [0, 0.1) is 0 Å². The molecule has 0 aromatic carbocycles. The van der Waals surface area contributed by atoms with Crippen molar-refractivity contribution in [1.82, 2.24) is 15.6 Å². The number of rotatable bonds is 8. The zero-order valence-corrected chi connectivity index (χ0v) is 13.6. The van der Waals surface area contributed by atoms with Gasteiger partial charge in [-0.15, -0.1) is 0 Å². The average molecular weight is 319 g/mol. The molecule has 1 heterocycles. The molecule has 0 radical (unpaired) electrons. The fraction of sp³-hybridized carbons (Fsp3) is 0.588. The van der Waals surface area contributed by atoms with E-state index in [2.05, 4.69) is 15.6 Å². The number of pyridine rings is 1. The van der Waals surface area contributed by atoms with Gasteiger partial charge < -0.3 is 15.4 Å². The Balaban J connectivity index is 1.66. The zero-order chi connectivity index (χ0) is 16.5. The molecule has 2 amide bonds. The van der Waals surface area contributed by atoms with E-state index in [0.29, 0.717) is 25.1 Å². The molecule has 23 heavy (non-hydrogen) atoms. The summed E-state index contributed by atoms with van der Waals surface area (Å²) in [5.41, 5.74) is 0.509. The van der Waals surface area contributed by atoms with Crippen LogP contribution in [0.15, 0.2) is 24.5 Å². The minimum absolute atomic E-state index is 0.102. The lowest BCUT2D eigenvalue weighted by Crippen LogP contribution is -2.41. The summed E-state index contributed by atoms with van der Waals surface area (Å²) >= 11 is 0. The van der Waals surface area contributed by atoms with Crippen molar-refractivity contribution in [3.8, 4) is 0 Å². The molecular weight excluding hydrogens is 294 g/mol. The monoisotopic (exact) mass is 319 g/mol. The lowest BCUT2D eigenvalue weighted by atomic mass is 10.2. The minimum Gasteiger partial charge on any atom is -0.365 e. The van der Waals surface area contributed by atoms with Crippen LogP contribution in [0.2, 0.25) is 0 Å². The average Bonchev–Trinajstić information content (AvgIpc) is 3.10. The predicted octanol–water partition coefficient (Wildman–Crippen LogP) is 1.67. The summed E-state index contributed by atoms with van der Waals surface area (Å²) in [7, 11) is 0. The van der Waals surface area contributed by atoms with E-state index in [-0.39, 0.29) is 17.9 Å². The van der Waals surface area contributed by atoms with Gasteiger partial charge in [-0.2, -0.15) is 0 Å². The normalized spacial score (nSPS) is 16.0. The molecule has 1 aliphatic carbocycles. The van der Waals surface area contributed by atoms with E-state index in [1.807, 2.05) is 6.92 Å². The summed E-state index contributed by atoms with van der Waals surface area (Å²) in [4.78, 5) is 27.8. The number of ether oxygens (including phenoxy) is 1. The third-order valence-corrected chi connectivity index (χ3v) is 3.96. The predicted molar refractivity (Wildman–Crippen MR) is 87.0 cm³/mol. The Hall–Kier alpha value is -1.95. The van der Waals surface area contributed by atoms with Gasteiger partial charge in [0.25, 0.3) is 5.91 Å². The number of aromatic nitrogens is 1. The van der Waals surface area contributed by atoms with E-state index in [0.717, 1.165) is 12.8 Å². The highest BCUT2D eigenvalue weighted by atomic mass is 16.5. The van der Waals surface area contributed by atoms with Gasteiger partial charge in [0.05, 0.1) is 11.7 Å². The van der Waals surface area contributed by atoms with Crippen LogP contribution in [0.3, 0.4) is 0 Å². The van der Waals surface area contributed by atoms with Crippen LogP contribution in [-0.2, 0) is 9.53 Å². The highest BCUT2D eigenvalue weighted by molar-refractivity contribution is 5.93. The summed E-state index contributed by atoms with van der Waals surface area (Å²) in [5, 5.41) is 5.57. The van der Waals surface area contributed by atoms with Gasteiger partial charge in [-0.3, -0.25) is 14.6 Å². The number of hydrogen-bond donors (Lipinski definition) is 2. The summed E-state index contributed by atoms with van der Waals surface area (Å²) in [5.74, 6) is -0.295. The van der Waals surface area contributed by atoms with E-state index >= 15 is 0 Å². The summed E-state index contributed by atoms with van der Waals surface area (Å²) in [6, 6.07) is 3.41. The second kappa shape index (κ2) is 9.25. The van der Waals surface area contributed by atoms with E-state index in [1.54, 1.807) is 18.3 Å². The summed E-state index contributed by atoms with van der Waals surface area (Å²) in [6.45, 7) is 2.71. The van der Waals surface area contributed by atoms with Gasteiger partial charge in [0.2, 0.25) is 5.91 Å². The van der Waals surface area contributed by atoms with Crippen molar-refractivity contribution in [2.75, 3.05) is 13.1 Å². The molecule has 2 N–H and O–H groups in total. The molecule has 1 saturated carbocycles. The van der Waals surface area contributed by atoms with Crippen molar-refractivity contribution in [3.05, 3.63) is 30.1 Å². The maximum Gasteiger partial charge on any atom is 0.252 e. The largest absolute Gasteiger partial charge is 0.365 e. The third-order valence-electron chi connectivity index (χ3n) is 3.96. The first-order valence-electron chi connectivity index (χ1n) is 8.32. The quantitative estimate of drug-likeness (QED) is 0.714. The highest BCUT2D eigenvalue weighted by Crippen LogP contribution is 2.22. The molecule has 0 spiro atoms. The molecular formula is C17H25N3O3. The molecule has 1 aliphatic rings. The van der Waals surface area contributed by atoms with Crippen molar-refractivity contribution in [3.63, 3.8) is 0 Å². The van der Waals surface area contributed by atoms with Crippen LogP contribution in [0.4, 0.5) is 0 Å². The molecule has 1 aromatic rings. The molecule has 0 aliphatic heterocycles. The molecule has 6 nitrogen and oxygen atoms in total. The molecule has 126 valence electrons. The second-order valence-electron chi connectivity index (χ2n) is 5.73. The van der Waals surface area contributed by atoms with Crippen LogP contribution in [0.1, 0.15) is 49.4 Å². The fourth-order valence-corrected chi connectivity index (χ4v) is 2.67. The first-order chi connectivity index (χ1) is 11.2. The Labute approximate surface area is 137 Å². The Bertz CT molecular complexity index is 501. The van der Waals surface area contributed by atoms with E-state index in [1.165, 1.54) is 19.0 Å². The number of nitrogens with zero attached hydrogens (tertiary/aromatic N) is 1. The number of carbonyl (C=O) groups is 2. The van der Waals surface area contributed by atoms with E-state index < -0.39 is 6.10 Å². The van der Waals surface area contributed by atoms with Crippen LogP contribution >= 0.6 is 0 Å². The van der Waals surface area contributed by atoms with Gasteiger partial charge >= 0.3 is 0 Å². The smallest absolute Gasteiger partial charge is 0.252 e. The Kier molecular flexibility index (Phi) is 7.00. The Morgan fingerprint density at radius 2 is 2.04 bits per heavy atom. The van der Waals surface area contributed by atoms with E-state index in [4.69, 9.17) is 4.74 Å². The van der Waals surface area contributed by atoms with E-state index in [9.17, 15) is 9.59 Å². The van der Waals surface area contributed by atoms with Gasteiger partial charge in [-0.1, -0.05) is 19.8 Å². The van der Waals surface area contributed by atoms with Gasteiger partial charge in [0.15, 0.2) is 0 Å². The highest BCUT2D eigenvalue weighted by Gasteiger charge is 2.23. The van der Waals surface area contributed by atoms with Gasteiger partial charge in [-0.05, 0) is 31.4 Å². The summed E-state index contributed by atoms with van der Waals surface area (Å²) < 4.78 is 5.86. The maximum absolute atomic E-state index is 12.1. The Morgan fingerprint density at radius 3 is 2.70 bits per heavy atom. The zero-order valence-electron chi connectivity index (χ0n) is 13.6. The van der Waals surface area contributed by atoms with Crippen LogP contribution in [0.5, 0.6) is 0 Å². The van der Waals surface area contributed by atoms with Crippen molar-refractivity contribution in [2.24, 2.45) is 0 Å². The Morgan fingerprint density at radius 1 is 1.30 bits per heavy atom. The van der Waals surface area contributed by atoms with Crippen molar-refractivity contribution in [1.29, 1.82) is 0 Å². The molecule has 1 atom stereocenters. The van der Waals surface area contributed by atoms with Gasteiger partial charge in [-0.25, -0.2) is 0 Å². The van der Waals surface area contributed by atoms with Crippen molar-refractivity contribution < 1.29 is 14.3 Å². The van der Waals surface area contributed by atoms with Crippen LogP contribution in [0.25, 0.3) is 0 Å². The SMILES string of the molecule is CCC(OC1CCCC1)C(=O)NCCNC(=O)c1cccnc1. The molecule has 2 rings (SSSR count). The van der Waals surface area contributed by atoms with Gasteiger partial charge in [0, 0.05) is 25.5 Å². The lowest BCUT2D eigenvalue weighted by Gasteiger charge is -2.20. The van der Waals surface area contributed by atoms with Crippen LogP contribution in [-0.4, -0.2) is 42.1 Å². The molecule has 1 unspecified atom stereocenters. The third kappa shape index (κ3) is 5.63. The summed E-state index contributed by atoms with van der Waals surface area (Å²) in [6.07, 6.45) is 8.07. The maximum atomic E-state index is 12.1.